The molecule has 1 heterocycles. The van der Waals surface area contributed by atoms with E-state index in [0.717, 1.165) is 19.4 Å². The molecular formula is C6H11NO2. The lowest BCUT2D eigenvalue weighted by molar-refractivity contribution is -0.135. The van der Waals surface area contributed by atoms with Crippen LogP contribution < -0.4 is 0 Å². The lowest BCUT2D eigenvalue weighted by Crippen LogP contribution is -2.33. The molecule has 0 aromatic carbocycles. The van der Waals surface area contributed by atoms with Gasteiger partial charge < -0.3 is 10.0 Å². The maximum atomic E-state index is 10.6. The van der Waals surface area contributed by atoms with Crippen LogP contribution in [-0.2, 0) is 4.79 Å². The van der Waals surface area contributed by atoms with Crippen molar-refractivity contribution in [1.82, 2.24) is 4.90 Å². The molecule has 1 aliphatic heterocycles. The summed E-state index contributed by atoms with van der Waals surface area (Å²) in [6, 6.07) is 0. The van der Waals surface area contributed by atoms with Gasteiger partial charge in [-0.15, -0.1) is 0 Å². The average Bonchev–Trinajstić information content (AvgIpc) is 2.13. The molecule has 1 saturated heterocycles. The number of carbonyl (C=O) groups is 1. The molecule has 1 aliphatic rings. The van der Waals surface area contributed by atoms with Crippen molar-refractivity contribution in [3.63, 3.8) is 0 Å². The van der Waals surface area contributed by atoms with E-state index in [-0.39, 0.29) is 5.91 Å². The Morgan fingerprint density at radius 1 is 1.78 bits per heavy atom. The van der Waals surface area contributed by atoms with Gasteiger partial charge in [0.2, 0.25) is 5.91 Å². The van der Waals surface area contributed by atoms with Crippen molar-refractivity contribution in [2.75, 3.05) is 6.54 Å². The molecule has 1 N–H and O–H groups in total. The highest BCUT2D eigenvalue weighted by Gasteiger charge is 2.23. The standard InChI is InChI=1S/C6H11NO2/c1-5(8)7-4-2-3-6(7)9/h6,9H,2-4H2,1H3. The van der Waals surface area contributed by atoms with Crippen molar-refractivity contribution in [3.05, 3.63) is 0 Å². The molecule has 1 rings (SSSR count). The third-order valence-corrected chi connectivity index (χ3v) is 1.63. The zero-order chi connectivity index (χ0) is 6.85. The summed E-state index contributed by atoms with van der Waals surface area (Å²) in [5.41, 5.74) is 0. The Bertz CT molecular complexity index is 124. The Labute approximate surface area is 54.3 Å². The lowest BCUT2D eigenvalue weighted by Gasteiger charge is -2.17. The Balaban J connectivity index is 2.49. The predicted molar refractivity (Wildman–Crippen MR) is 32.6 cm³/mol. The first-order valence-electron chi connectivity index (χ1n) is 3.17. The number of nitrogens with zero attached hydrogens (tertiary/aromatic N) is 1. The van der Waals surface area contributed by atoms with E-state index < -0.39 is 6.23 Å². The van der Waals surface area contributed by atoms with E-state index in [9.17, 15) is 4.79 Å². The fourth-order valence-corrected chi connectivity index (χ4v) is 1.12. The largest absolute Gasteiger partial charge is 0.374 e. The molecule has 1 unspecified atom stereocenters. The fraction of sp³-hybridized carbons (Fsp3) is 0.833. The molecule has 3 nitrogen and oxygen atoms in total. The molecule has 1 atom stereocenters. The van der Waals surface area contributed by atoms with Crippen molar-refractivity contribution in [2.24, 2.45) is 0 Å². The molecular weight excluding hydrogens is 118 g/mol. The molecule has 0 aromatic heterocycles. The number of rotatable bonds is 0. The number of aliphatic hydroxyl groups excluding tert-OH is 1. The summed E-state index contributed by atoms with van der Waals surface area (Å²) in [5.74, 6) is -0.0278. The van der Waals surface area contributed by atoms with E-state index >= 15 is 0 Å². The van der Waals surface area contributed by atoms with Crippen LogP contribution in [-0.4, -0.2) is 28.7 Å². The molecule has 1 fully saturated rings. The van der Waals surface area contributed by atoms with Crippen LogP contribution in [0.2, 0.25) is 0 Å². The Morgan fingerprint density at radius 2 is 2.44 bits per heavy atom. The quantitative estimate of drug-likeness (QED) is 0.498. The van der Waals surface area contributed by atoms with Crippen molar-refractivity contribution in [3.8, 4) is 0 Å². The molecule has 0 saturated carbocycles. The number of hydrogen-bond donors (Lipinski definition) is 1. The van der Waals surface area contributed by atoms with Gasteiger partial charge in [-0.3, -0.25) is 4.79 Å². The van der Waals surface area contributed by atoms with Crippen molar-refractivity contribution >= 4 is 5.91 Å². The molecule has 0 radical (unpaired) electrons. The predicted octanol–water partition coefficient (Wildman–Crippen LogP) is -0.0529. The van der Waals surface area contributed by atoms with Crippen LogP contribution in [0.3, 0.4) is 0 Å². The molecule has 0 bridgehead atoms. The van der Waals surface area contributed by atoms with E-state index in [1.54, 1.807) is 0 Å². The number of amides is 1. The zero-order valence-electron chi connectivity index (χ0n) is 5.50. The third-order valence-electron chi connectivity index (χ3n) is 1.63. The highest BCUT2D eigenvalue weighted by molar-refractivity contribution is 5.73. The topological polar surface area (TPSA) is 40.5 Å². The van der Waals surface area contributed by atoms with Crippen LogP contribution in [0.15, 0.2) is 0 Å². The normalized spacial score (nSPS) is 26.9. The van der Waals surface area contributed by atoms with Gasteiger partial charge in [-0.2, -0.15) is 0 Å². The van der Waals surface area contributed by atoms with Gasteiger partial charge in [0.05, 0.1) is 0 Å². The zero-order valence-corrected chi connectivity index (χ0v) is 5.50. The molecule has 0 aromatic rings. The summed E-state index contributed by atoms with van der Waals surface area (Å²) in [4.78, 5) is 12.1. The average molecular weight is 129 g/mol. The van der Waals surface area contributed by atoms with Crippen LogP contribution in [0.1, 0.15) is 19.8 Å². The van der Waals surface area contributed by atoms with Crippen LogP contribution in [0.25, 0.3) is 0 Å². The Kier molecular flexibility index (Phi) is 1.71. The second kappa shape index (κ2) is 2.35. The fourth-order valence-electron chi connectivity index (χ4n) is 1.12. The van der Waals surface area contributed by atoms with Gasteiger partial charge in [-0.1, -0.05) is 0 Å². The molecule has 9 heavy (non-hydrogen) atoms. The summed E-state index contributed by atoms with van der Waals surface area (Å²) in [6.07, 6.45) is 1.16. The smallest absolute Gasteiger partial charge is 0.221 e. The molecule has 52 valence electrons. The van der Waals surface area contributed by atoms with E-state index in [1.165, 1.54) is 11.8 Å². The van der Waals surface area contributed by atoms with Crippen molar-refractivity contribution in [1.29, 1.82) is 0 Å². The molecule has 0 aliphatic carbocycles. The highest BCUT2D eigenvalue weighted by Crippen LogP contribution is 2.13. The minimum absolute atomic E-state index is 0.0278. The van der Waals surface area contributed by atoms with Crippen molar-refractivity contribution < 1.29 is 9.90 Å². The first kappa shape index (κ1) is 6.55. The van der Waals surface area contributed by atoms with Crippen LogP contribution in [0.4, 0.5) is 0 Å². The SMILES string of the molecule is CC(=O)N1CCCC1O. The Hall–Kier alpha value is -0.570. The summed E-state index contributed by atoms with van der Waals surface area (Å²) < 4.78 is 0. The van der Waals surface area contributed by atoms with Gasteiger partial charge in [0, 0.05) is 13.5 Å². The maximum Gasteiger partial charge on any atom is 0.221 e. The Morgan fingerprint density at radius 3 is 2.67 bits per heavy atom. The third kappa shape index (κ3) is 1.21. The second-order valence-corrected chi connectivity index (χ2v) is 2.34. The summed E-state index contributed by atoms with van der Waals surface area (Å²) in [5, 5.41) is 9.06. The first-order chi connectivity index (χ1) is 4.22. The highest BCUT2D eigenvalue weighted by atomic mass is 16.3. The number of carbonyl (C=O) groups excluding carboxylic acids is 1. The summed E-state index contributed by atoms with van der Waals surface area (Å²) in [6.45, 7) is 2.20. The van der Waals surface area contributed by atoms with Gasteiger partial charge in [0.1, 0.15) is 6.23 Å². The molecule has 0 spiro atoms. The van der Waals surface area contributed by atoms with Gasteiger partial charge in [0.25, 0.3) is 0 Å². The van der Waals surface area contributed by atoms with Gasteiger partial charge in [0.15, 0.2) is 0 Å². The van der Waals surface area contributed by atoms with Crippen molar-refractivity contribution in [2.45, 2.75) is 26.0 Å². The summed E-state index contributed by atoms with van der Waals surface area (Å²) in [7, 11) is 0. The van der Waals surface area contributed by atoms with Gasteiger partial charge in [-0.05, 0) is 12.8 Å². The van der Waals surface area contributed by atoms with Crippen LogP contribution in [0.5, 0.6) is 0 Å². The lowest BCUT2D eigenvalue weighted by atomic mass is 10.4. The van der Waals surface area contributed by atoms with E-state index in [2.05, 4.69) is 0 Å². The minimum atomic E-state index is -0.512. The first-order valence-corrected chi connectivity index (χ1v) is 3.17. The number of aliphatic hydroxyl groups is 1. The van der Waals surface area contributed by atoms with E-state index in [4.69, 9.17) is 5.11 Å². The van der Waals surface area contributed by atoms with E-state index in [1.807, 2.05) is 0 Å². The molecule has 1 amide bonds. The van der Waals surface area contributed by atoms with E-state index in [0.29, 0.717) is 0 Å². The van der Waals surface area contributed by atoms with Gasteiger partial charge >= 0.3 is 0 Å². The minimum Gasteiger partial charge on any atom is -0.374 e. The number of likely N-dealkylation sites (tertiary alicyclic amines) is 1. The van der Waals surface area contributed by atoms with Crippen LogP contribution in [0, 0.1) is 0 Å². The second-order valence-electron chi connectivity index (χ2n) is 2.34. The van der Waals surface area contributed by atoms with Crippen LogP contribution >= 0.6 is 0 Å². The maximum absolute atomic E-state index is 10.6. The monoisotopic (exact) mass is 129 g/mol. The van der Waals surface area contributed by atoms with Gasteiger partial charge in [-0.25, -0.2) is 0 Å². The number of hydrogen-bond acceptors (Lipinski definition) is 2. The molecule has 3 heteroatoms. The summed E-state index contributed by atoms with van der Waals surface area (Å²) >= 11 is 0.